The molecule has 150 valence electrons. The van der Waals surface area contributed by atoms with Crippen LogP contribution in [0.2, 0.25) is 0 Å². The Morgan fingerprint density at radius 2 is 1.93 bits per heavy atom. The van der Waals surface area contributed by atoms with Gasteiger partial charge in [-0.3, -0.25) is 4.79 Å². The van der Waals surface area contributed by atoms with Crippen molar-refractivity contribution in [3.63, 3.8) is 0 Å². The summed E-state index contributed by atoms with van der Waals surface area (Å²) in [5.41, 5.74) is 5.73. The molecule has 1 aliphatic carbocycles. The van der Waals surface area contributed by atoms with E-state index in [1.165, 1.54) is 22.9 Å². The molecule has 4 rings (SSSR count). The fraction of sp³-hybridized carbons (Fsp3) is 0.364. The lowest BCUT2D eigenvalue weighted by molar-refractivity contribution is -0.121. The van der Waals surface area contributed by atoms with Crippen molar-refractivity contribution < 1.29 is 4.79 Å². The monoisotopic (exact) mass is 407 g/mol. The van der Waals surface area contributed by atoms with Crippen LogP contribution in [0, 0.1) is 13.8 Å². The number of nitrogens with zero attached hydrogens (tertiary/aromatic N) is 4. The molecule has 1 aromatic heterocycles. The van der Waals surface area contributed by atoms with Crippen LogP contribution in [-0.4, -0.2) is 31.4 Å². The third kappa shape index (κ3) is 4.05. The minimum Gasteiger partial charge on any atom is -0.348 e. The molecule has 2 aromatic carbocycles. The summed E-state index contributed by atoms with van der Waals surface area (Å²) in [7, 11) is 0. The number of nitrogens with one attached hydrogen (secondary N) is 1. The number of tetrazole rings is 1. The molecule has 0 saturated carbocycles. The molecule has 0 bridgehead atoms. The first-order valence-electron chi connectivity index (χ1n) is 9.94. The van der Waals surface area contributed by atoms with E-state index in [-0.39, 0.29) is 17.2 Å². The zero-order valence-electron chi connectivity index (χ0n) is 16.9. The number of rotatable bonds is 5. The van der Waals surface area contributed by atoms with Crippen LogP contribution >= 0.6 is 11.8 Å². The van der Waals surface area contributed by atoms with Crippen molar-refractivity contribution in [2.45, 2.75) is 56.5 Å². The molecule has 0 radical (unpaired) electrons. The molecule has 3 aromatic rings. The van der Waals surface area contributed by atoms with Crippen LogP contribution in [0.1, 0.15) is 48.1 Å². The van der Waals surface area contributed by atoms with Crippen molar-refractivity contribution in [2.24, 2.45) is 0 Å². The van der Waals surface area contributed by atoms with E-state index in [1.807, 2.05) is 45.0 Å². The molecule has 1 amide bonds. The number of hydrogen-bond acceptors (Lipinski definition) is 5. The van der Waals surface area contributed by atoms with Crippen molar-refractivity contribution in [3.8, 4) is 5.69 Å². The van der Waals surface area contributed by atoms with Gasteiger partial charge in [0.1, 0.15) is 0 Å². The van der Waals surface area contributed by atoms with Gasteiger partial charge in [-0.1, -0.05) is 54.2 Å². The summed E-state index contributed by atoms with van der Waals surface area (Å²) < 4.78 is 1.73. The number of fused-ring (bicyclic) bond motifs is 1. The lowest BCUT2D eigenvalue weighted by atomic mass is 9.88. The maximum Gasteiger partial charge on any atom is 0.233 e. The summed E-state index contributed by atoms with van der Waals surface area (Å²) in [5, 5.41) is 15.7. The van der Waals surface area contributed by atoms with E-state index in [4.69, 9.17) is 0 Å². The SMILES string of the molecule is Cc1cccc(C)c1-n1nnnc1S[C@@H](C)C(=O)N[C@@H]1CCCc2ccccc21. The topological polar surface area (TPSA) is 72.7 Å². The highest BCUT2D eigenvalue weighted by atomic mass is 32.2. The zero-order valence-corrected chi connectivity index (χ0v) is 17.7. The highest BCUT2D eigenvalue weighted by Gasteiger charge is 2.25. The normalized spacial score (nSPS) is 16.9. The molecule has 1 N–H and O–H groups in total. The van der Waals surface area contributed by atoms with Crippen LogP contribution in [0.15, 0.2) is 47.6 Å². The van der Waals surface area contributed by atoms with Gasteiger partial charge in [0.15, 0.2) is 0 Å². The second kappa shape index (κ2) is 8.37. The Morgan fingerprint density at radius 3 is 2.72 bits per heavy atom. The molecule has 1 aliphatic rings. The molecule has 0 saturated heterocycles. The van der Waals surface area contributed by atoms with Crippen LogP contribution in [0.4, 0.5) is 0 Å². The van der Waals surface area contributed by atoms with Crippen molar-refractivity contribution >= 4 is 17.7 Å². The maximum atomic E-state index is 12.9. The highest BCUT2D eigenvalue weighted by molar-refractivity contribution is 8.00. The minimum absolute atomic E-state index is 0.00718. The summed E-state index contributed by atoms with van der Waals surface area (Å²) in [6, 6.07) is 14.6. The first-order valence-corrected chi connectivity index (χ1v) is 10.8. The van der Waals surface area contributed by atoms with E-state index in [9.17, 15) is 4.79 Å². The Bertz CT molecular complexity index is 1010. The summed E-state index contributed by atoms with van der Waals surface area (Å²) in [6.45, 7) is 5.97. The largest absolute Gasteiger partial charge is 0.348 e. The Kier molecular flexibility index (Phi) is 5.67. The van der Waals surface area contributed by atoms with Gasteiger partial charge in [-0.15, -0.1) is 5.10 Å². The standard InChI is InChI=1S/C22H25N5OS/c1-14-8-6-9-15(2)20(14)27-22(24-25-26-27)29-16(3)21(28)23-19-13-7-11-17-10-4-5-12-18(17)19/h4-6,8-10,12,16,19H,7,11,13H2,1-3H3,(H,23,28)/t16-,19+/m0/s1. The molecular formula is C22H25N5OS. The zero-order chi connectivity index (χ0) is 20.4. The van der Waals surface area contributed by atoms with E-state index in [0.717, 1.165) is 36.1 Å². The van der Waals surface area contributed by atoms with Gasteiger partial charge in [0.2, 0.25) is 11.1 Å². The number of aromatic nitrogens is 4. The lowest BCUT2D eigenvalue weighted by Crippen LogP contribution is -2.36. The van der Waals surface area contributed by atoms with Crippen LogP contribution in [-0.2, 0) is 11.2 Å². The number of para-hydroxylation sites is 1. The van der Waals surface area contributed by atoms with Gasteiger partial charge in [-0.05, 0) is 72.7 Å². The summed E-state index contributed by atoms with van der Waals surface area (Å²) in [4.78, 5) is 12.9. The average molecular weight is 408 g/mol. The minimum atomic E-state index is -0.307. The van der Waals surface area contributed by atoms with Gasteiger partial charge in [0.25, 0.3) is 0 Å². The molecule has 29 heavy (non-hydrogen) atoms. The van der Waals surface area contributed by atoms with Crippen molar-refractivity contribution in [1.82, 2.24) is 25.5 Å². The van der Waals surface area contributed by atoms with Gasteiger partial charge in [-0.25, -0.2) is 0 Å². The quantitative estimate of drug-likeness (QED) is 0.648. The second-order valence-electron chi connectivity index (χ2n) is 7.53. The lowest BCUT2D eigenvalue weighted by Gasteiger charge is -2.27. The van der Waals surface area contributed by atoms with E-state index >= 15 is 0 Å². The number of benzene rings is 2. The third-order valence-corrected chi connectivity index (χ3v) is 6.46. The molecule has 1 heterocycles. The fourth-order valence-electron chi connectivity index (χ4n) is 3.94. The van der Waals surface area contributed by atoms with Crippen LogP contribution in [0.3, 0.4) is 0 Å². The van der Waals surface area contributed by atoms with Gasteiger partial charge < -0.3 is 5.32 Å². The second-order valence-corrected chi connectivity index (χ2v) is 8.83. The van der Waals surface area contributed by atoms with E-state index in [0.29, 0.717) is 5.16 Å². The van der Waals surface area contributed by atoms with Gasteiger partial charge in [-0.2, -0.15) is 4.68 Å². The van der Waals surface area contributed by atoms with Gasteiger partial charge in [0, 0.05) is 0 Å². The van der Waals surface area contributed by atoms with Crippen LogP contribution in [0.5, 0.6) is 0 Å². The molecule has 6 nitrogen and oxygen atoms in total. The molecule has 0 aliphatic heterocycles. The number of thioether (sulfide) groups is 1. The number of aryl methyl sites for hydroxylation is 3. The molecule has 0 unspecified atom stereocenters. The number of carbonyl (C=O) groups excluding carboxylic acids is 1. The average Bonchev–Trinajstić information content (AvgIpc) is 3.16. The van der Waals surface area contributed by atoms with Crippen LogP contribution in [0.25, 0.3) is 5.69 Å². The van der Waals surface area contributed by atoms with Gasteiger partial charge >= 0.3 is 0 Å². The molecule has 0 fully saturated rings. The summed E-state index contributed by atoms with van der Waals surface area (Å²) in [5.74, 6) is 0.00718. The van der Waals surface area contributed by atoms with Crippen molar-refractivity contribution in [3.05, 3.63) is 64.7 Å². The van der Waals surface area contributed by atoms with E-state index < -0.39 is 0 Å². The maximum absolute atomic E-state index is 12.9. The third-order valence-electron chi connectivity index (χ3n) is 5.43. The first-order chi connectivity index (χ1) is 14.0. The molecule has 2 atom stereocenters. The Labute approximate surface area is 175 Å². The highest BCUT2D eigenvalue weighted by Crippen LogP contribution is 2.31. The predicted octanol–water partition coefficient (Wildman–Crippen LogP) is 3.95. The molecule has 0 spiro atoms. The Hall–Kier alpha value is -2.67. The Balaban J connectivity index is 1.49. The summed E-state index contributed by atoms with van der Waals surface area (Å²) >= 11 is 1.38. The van der Waals surface area contributed by atoms with E-state index in [1.54, 1.807) is 4.68 Å². The van der Waals surface area contributed by atoms with Crippen molar-refractivity contribution in [1.29, 1.82) is 0 Å². The molecular weight excluding hydrogens is 382 g/mol. The predicted molar refractivity (Wildman–Crippen MR) is 114 cm³/mol. The van der Waals surface area contributed by atoms with Crippen molar-refractivity contribution in [2.75, 3.05) is 0 Å². The number of amides is 1. The van der Waals surface area contributed by atoms with E-state index in [2.05, 4.69) is 39.0 Å². The number of hydrogen-bond donors (Lipinski definition) is 1. The van der Waals surface area contributed by atoms with Gasteiger partial charge in [0.05, 0.1) is 17.0 Å². The number of carbonyl (C=O) groups is 1. The Morgan fingerprint density at radius 1 is 1.17 bits per heavy atom. The van der Waals surface area contributed by atoms with Crippen LogP contribution < -0.4 is 5.32 Å². The first kappa shape index (κ1) is 19.6. The fourth-order valence-corrected chi connectivity index (χ4v) is 4.74. The summed E-state index contributed by atoms with van der Waals surface area (Å²) in [6.07, 6.45) is 3.14. The molecule has 7 heteroatoms. The smallest absolute Gasteiger partial charge is 0.233 e.